The predicted molar refractivity (Wildman–Crippen MR) is 65.8 cm³/mol. The fraction of sp³-hybridized carbons (Fsp3) is 0.462. The first-order valence-electron chi connectivity index (χ1n) is 6.19. The summed E-state index contributed by atoms with van der Waals surface area (Å²) in [6.45, 7) is 5.99. The number of ether oxygens (including phenoxy) is 1. The third-order valence-corrected chi connectivity index (χ3v) is 3.35. The van der Waals surface area contributed by atoms with E-state index in [0.29, 0.717) is 0 Å². The van der Waals surface area contributed by atoms with Crippen molar-refractivity contribution in [2.24, 2.45) is 0 Å². The molecule has 0 spiro atoms. The molecule has 0 aliphatic carbocycles. The Morgan fingerprint density at radius 2 is 2.06 bits per heavy atom. The maximum Gasteiger partial charge on any atom is 0.242 e. The maximum absolute atomic E-state index is 5.35. The number of morpholine rings is 1. The highest BCUT2D eigenvalue weighted by Crippen LogP contribution is 2.05. The number of nitrogens with zero attached hydrogens (tertiary/aromatic N) is 2. The number of fused-ring (bicyclic) bond motifs is 1. The number of rotatable bonds is 3. The number of aromatic amines is 1. The molecule has 90 valence electrons. The summed E-state index contributed by atoms with van der Waals surface area (Å²) in [4.78, 5) is 5.75. The molecule has 1 aromatic carbocycles. The van der Waals surface area contributed by atoms with Gasteiger partial charge in [0.2, 0.25) is 6.33 Å². The molecule has 1 aliphatic rings. The summed E-state index contributed by atoms with van der Waals surface area (Å²) < 4.78 is 7.63. The standard InChI is InChI=1S/C13H17N3O/c1-2-4-13-12(3-1)14-11-16(13)6-5-15-7-9-17-10-8-15/h1-4,11H,5-10H2/p+1. The van der Waals surface area contributed by atoms with Crippen LogP contribution in [0.4, 0.5) is 0 Å². The van der Waals surface area contributed by atoms with Crippen molar-refractivity contribution in [2.45, 2.75) is 6.54 Å². The minimum absolute atomic E-state index is 0.874. The first kappa shape index (κ1) is 10.7. The number of nitrogens with one attached hydrogen (secondary N) is 1. The molecule has 1 aliphatic heterocycles. The van der Waals surface area contributed by atoms with E-state index in [4.69, 9.17) is 4.74 Å². The summed E-state index contributed by atoms with van der Waals surface area (Å²) in [7, 11) is 0. The molecule has 3 rings (SSSR count). The second kappa shape index (κ2) is 4.85. The molecule has 1 N–H and O–H groups in total. The largest absolute Gasteiger partial charge is 0.379 e. The lowest BCUT2D eigenvalue weighted by atomic mass is 10.3. The molecule has 0 atom stereocenters. The van der Waals surface area contributed by atoms with E-state index in [1.807, 2.05) is 0 Å². The Morgan fingerprint density at radius 3 is 2.94 bits per heavy atom. The average molecular weight is 232 g/mol. The van der Waals surface area contributed by atoms with Crippen LogP contribution >= 0.6 is 0 Å². The summed E-state index contributed by atoms with van der Waals surface area (Å²) in [5, 5.41) is 0. The Labute approximate surface area is 101 Å². The highest BCUT2D eigenvalue weighted by atomic mass is 16.5. The van der Waals surface area contributed by atoms with Crippen LogP contribution < -0.4 is 4.57 Å². The van der Waals surface area contributed by atoms with E-state index in [9.17, 15) is 0 Å². The van der Waals surface area contributed by atoms with Crippen LogP contribution in [-0.2, 0) is 11.3 Å². The highest BCUT2D eigenvalue weighted by molar-refractivity contribution is 5.70. The molecule has 1 fully saturated rings. The smallest absolute Gasteiger partial charge is 0.242 e. The van der Waals surface area contributed by atoms with Crippen molar-refractivity contribution < 1.29 is 9.30 Å². The molecule has 4 nitrogen and oxygen atoms in total. The fourth-order valence-electron chi connectivity index (χ4n) is 2.32. The molecule has 2 aromatic rings. The van der Waals surface area contributed by atoms with Gasteiger partial charge in [-0.15, -0.1) is 0 Å². The first-order chi connectivity index (χ1) is 8.43. The molecular weight excluding hydrogens is 214 g/mol. The summed E-state index contributed by atoms with van der Waals surface area (Å²) in [6.07, 6.45) is 2.06. The zero-order chi connectivity index (χ0) is 11.5. The summed E-state index contributed by atoms with van der Waals surface area (Å²) in [5.41, 5.74) is 2.48. The molecule has 17 heavy (non-hydrogen) atoms. The Morgan fingerprint density at radius 1 is 1.24 bits per heavy atom. The molecular formula is C13H18N3O+. The zero-order valence-corrected chi connectivity index (χ0v) is 9.93. The van der Waals surface area contributed by atoms with Crippen LogP contribution in [0.1, 0.15) is 0 Å². The van der Waals surface area contributed by atoms with Crippen molar-refractivity contribution in [3.63, 3.8) is 0 Å². The predicted octanol–water partition coefficient (Wildman–Crippen LogP) is 0.788. The van der Waals surface area contributed by atoms with Crippen LogP contribution in [0.2, 0.25) is 0 Å². The summed E-state index contributed by atoms with van der Waals surface area (Å²) >= 11 is 0. The number of para-hydroxylation sites is 2. The average Bonchev–Trinajstić information content (AvgIpc) is 2.81. The molecule has 1 saturated heterocycles. The zero-order valence-electron chi connectivity index (χ0n) is 9.93. The van der Waals surface area contributed by atoms with E-state index in [1.54, 1.807) is 0 Å². The van der Waals surface area contributed by atoms with E-state index in [-0.39, 0.29) is 0 Å². The number of hydrogen-bond acceptors (Lipinski definition) is 2. The van der Waals surface area contributed by atoms with Crippen molar-refractivity contribution in [1.29, 1.82) is 0 Å². The number of imidazole rings is 1. The SMILES string of the molecule is c1ccc2c(c1)[nH]c[n+]2CCN1CCOCC1. The first-order valence-corrected chi connectivity index (χ1v) is 6.19. The Balaban J connectivity index is 1.68. The lowest BCUT2D eigenvalue weighted by molar-refractivity contribution is -0.670. The van der Waals surface area contributed by atoms with Gasteiger partial charge in [-0.1, -0.05) is 12.1 Å². The number of aromatic nitrogens is 2. The van der Waals surface area contributed by atoms with Crippen LogP contribution in [0.3, 0.4) is 0 Å². The number of hydrogen-bond donors (Lipinski definition) is 1. The van der Waals surface area contributed by atoms with E-state index in [2.05, 4.69) is 45.0 Å². The van der Waals surface area contributed by atoms with Crippen molar-refractivity contribution >= 4 is 11.0 Å². The van der Waals surface area contributed by atoms with Crippen LogP contribution in [0.25, 0.3) is 11.0 Å². The van der Waals surface area contributed by atoms with Gasteiger partial charge in [0.25, 0.3) is 0 Å². The monoisotopic (exact) mass is 232 g/mol. The molecule has 1 aromatic heterocycles. The molecule has 2 heterocycles. The topological polar surface area (TPSA) is 32.1 Å². The molecule has 0 amide bonds. The van der Waals surface area contributed by atoms with Gasteiger partial charge in [-0.3, -0.25) is 4.90 Å². The summed E-state index contributed by atoms with van der Waals surface area (Å²) in [6, 6.07) is 8.41. The van der Waals surface area contributed by atoms with Gasteiger partial charge in [0.1, 0.15) is 6.54 Å². The fourth-order valence-corrected chi connectivity index (χ4v) is 2.32. The Bertz CT molecular complexity index is 488. The Kier molecular flexibility index (Phi) is 3.07. The van der Waals surface area contributed by atoms with Gasteiger partial charge in [-0.25, -0.2) is 9.55 Å². The third-order valence-electron chi connectivity index (χ3n) is 3.35. The highest BCUT2D eigenvalue weighted by Gasteiger charge is 2.13. The molecule has 4 heteroatoms. The van der Waals surface area contributed by atoms with Crippen molar-refractivity contribution in [3.05, 3.63) is 30.6 Å². The van der Waals surface area contributed by atoms with Crippen molar-refractivity contribution in [3.8, 4) is 0 Å². The van der Waals surface area contributed by atoms with E-state index in [1.165, 1.54) is 11.0 Å². The second-order valence-electron chi connectivity index (χ2n) is 4.44. The third kappa shape index (κ3) is 2.33. The maximum atomic E-state index is 5.35. The minimum atomic E-state index is 0.874. The molecule has 0 saturated carbocycles. The van der Waals surface area contributed by atoms with Crippen molar-refractivity contribution in [1.82, 2.24) is 9.88 Å². The molecule has 0 unspecified atom stereocenters. The van der Waals surface area contributed by atoms with E-state index < -0.39 is 0 Å². The lowest BCUT2D eigenvalue weighted by Gasteiger charge is -2.25. The van der Waals surface area contributed by atoms with Crippen LogP contribution in [0.5, 0.6) is 0 Å². The summed E-state index contributed by atoms with van der Waals surface area (Å²) in [5.74, 6) is 0. The van der Waals surface area contributed by atoms with Gasteiger partial charge < -0.3 is 4.74 Å². The van der Waals surface area contributed by atoms with Gasteiger partial charge in [-0.05, 0) is 12.1 Å². The van der Waals surface area contributed by atoms with Gasteiger partial charge in [-0.2, -0.15) is 0 Å². The van der Waals surface area contributed by atoms with Crippen LogP contribution in [0, 0.1) is 0 Å². The Hall–Kier alpha value is -1.39. The van der Waals surface area contributed by atoms with Crippen molar-refractivity contribution in [2.75, 3.05) is 32.8 Å². The van der Waals surface area contributed by atoms with Gasteiger partial charge in [0, 0.05) is 19.6 Å². The molecule has 0 bridgehead atoms. The number of H-pyrrole nitrogens is 1. The minimum Gasteiger partial charge on any atom is -0.379 e. The van der Waals surface area contributed by atoms with Crippen LogP contribution in [-0.4, -0.2) is 42.7 Å². The number of benzene rings is 1. The lowest BCUT2D eigenvalue weighted by Crippen LogP contribution is -2.43. The second-order valence-corrected chi connectivity index (χ2v) is 4.44. The molecule has 0 radical (unpaired) electrons. The normalized spacial score (nSPS) is 17.6. The van der Waals surface area contributed by atoms with Gasteiger partial charge >= 0.3 is 0 Å². The van der Waals surface area contributed by atoms with E-state index in [0.717, 1.165) is 39.4 Å². The van der Waals surface area contributed by atoms with Crippen LogP contribution in [0.15, 0.2) is 30.6 Å². The quantitative estimate of drug-likeness (QED) is 0.793. The van der Waals surface area contributed by atoms with Gasteiger partial charge in [0.15, 0.2) is 11.0 Å². The van der Waals surface area contributed by atoms with E-state index >= 15 is 0 Å². The van der Waals surface area contributed by atoms with Gasteiger partial charge in [0.05, 0.1) is 13.2 Å².